The molecule has 8 aromatic carbocycles. The molecule has 2 unspecified atom stereocenters. The highest BCUT2D eigenvalue weighted by molar-refractivity contribution is 6.27. The van der Waals surface area contributed by atoms with E-state index in [1.165, 1.54) is 10.8 Å². The lowest BCUT2D eigenvalue weighted by atomic mass is 9.97. The van der Waals surface area contributed by atoms with E-state index in [-0.39, 0.29) is 12.3 Å². The molecule has 1 aliphatic rings. The minimum absolute atomic E-state index is 0.143. The van der Waals surface area contributed by atoms with Crippen molar-refractivity contribution in [3.05, 3.63) is 199 Å². The molecule has 52 heavy (non-hydrogen) atoms. The number of para-hydroxylation sites is 1. The van der Waals surface area contributed by atoms with Gasteiger partial charge in [-0.2, -0.15) is 0 Å². The summed E-state index contributed by atoms with van der Waals surface area (Å²) in [7, 11) is 0. The average Bonchev–Trinajstić information content (AvgIpc) is 3.61. The number of amidine groups is 1. The number of aliphatic imine (C=N–C) groups is 1. The highest BCUT2D eigenvalue weighted by Gasteiger charge is 2.28. The zero-order valence-electron chi connectivity index (χ0n) is 28.3. The van der Waals surface area contributed by atoms with E-state index in [9.17, 15) is 0 Å². The molecule has 5 nitrogen and oxygen atoms in total. The van der Waals surface area contributed by atoms with Crippen LogP contribution in [0.4, 0.5) is 17.1 Å². The summed E-state index contributed by atoms with van der Waals surface area (Å²) < 4.78 is 6.84. The van der Waals surface area contributed by atoms with Crippen molar-refractivity contribution in [1.82, 2.24) is 10.6 Å². The minimum atomic E-state index is -0.237. The molecule has 0 bridgehead atoms. The number of anilines is 3. The molecular weight excluding hydrogens is 637 g/mol. The van der Waals surface area contributed by atoms with Gasteiger partial charge in [0, 0.05) is 38.9 Å². The molecule has 0 radical (unpaired) electrons. The molecule has 0 saturated carbocycles. The molecular formula is C47H34N4O. The van der Waals surface area contributed by atoms with Gasteiger partial charge in [0.25, 0.3) is 0 Å². The summed E-state index contributed by atoms with van der Waals surface area (Å²) in [6.45, 7) is 0. The van der Waals surface area contributed by atoms with Crippen LogP contribution >= 0.6 is 0 Å². The summed E-state index contributed by atoms with van der Waals surface area (Å²) in [5.74, 6) is 0.824. The van der Waals surface area contributed by atoms with Crippen molar-refractivity contribution in [2.75, 3.05) is 4.90 Å². The molecule has 2 heterocycles. The lowest BCUT2D eigenvalue weighted by molar-refractivity contribution is 0.409. The molecule has 2 atom stereocenters. The SMILES string of the molecule is c1ccc(C2N=C(c3cccc4oc5cc(N(c6ccccc6)c6cccc7ccccc67)c6ccccc6c5c34)NC(c3ccccc3)N2)cc1. The first-order valence-electron chi connectivity index (χ1n) is 17.7. The number of rotatable bonds is 6. The summed E-state index contributed by atoms with van der Waals surface area (Å²) in [4.78, 5) is 7.68. The van der Waals surface area contributed by atoms with Gasteiger partial charge in [-0.15, -0.1) is 0 Å². The Morgan fingerprint density at radius 1 is 0.500 bits per heavy atom. The second-order valence-corrected chi connectivity index (χ2v) is 13.2. The predicted octanol–water partition coefficient (Wildman–Crippen LogP) is 11.7. The first kappa shape index (κ1) is 30.2. The van der Waals surface area contributed by atoms with Crippen molar-refractivity contribution in [2.45, 2.75) is 12.3 Å². The Kier molecular flexibility index (Phi) is 7.29. The minimum Gasteiger partial charge on any atom is -0.456 e. The third-order valence-electron chi connectivity index (χ3n) is 10.1. The summed E-state index contributed by atoms with van der Waals surface area (Å²) in [5.41, 5.74) is 8.14. The smallest absolute Gasteiger partial charge is 0.138 e. The quantitative estimate of drug-likeness (QED) is 0.185. The van der Waals surface area contributed by atoms with E-state index in [2.05, 4.69) is 185 Å². The van der Waals surface area contributed by atoms with Gasteiger partial charge < -0.3 is 14.6 Å². The number of nitrogens with zero attached hydrogens (tertiary/aromatic N) is 2. The van der Waals surface area contributed by atoms with Crippen molar-refractivity contribution in [3.63, 3.8) is 0 Å². The Labute approximate surface area is 301 Å². The van der Waals surface area contributed by atoms with E-state index in [1.54, 1.807) is 0 Å². The fourth-order valence-corrected chi connectivity index (χ4v) is 7.75. The van der Waals surface area contributed by atoms with E-state index in [4.69, 9.17) is 9.41 Å². The number of nitrogens with one attached hydrogen (secondary N) is 2. The maximum absolute atomic E-state index is 6.84. The number of furan rings is 1. The van der Waals surface area contributed by atoms with Gasteiger partial charge in [-0.1, -0.05) is 152 Å². The second-order valence-electron chi connectivity index (χ2n) is 13.2. The molecule has 248 valence electrons. The molecule has 2 N–H and O–H groups in total. The highest BCUT2D eigenvalue weighted by Crippen LogP contribution is 2.46. The monoisotopic (exact) mass is 670 g/mol. The van der Waals surface area contributed by atoms with Crippen LogP contribution in [0, 0.1) is 0 Å². The number of hydrogen-bond donors (Lipinski definition) is 2. The molecule has 0 spiro atoms. The molecule has 1 aliphatic heterocycles. The third kappa shape index (κ3) is 5.10. The fraction of sp³-hybridized carbons (Fsp3) is 0.0426. The molecule has 0 amide bonds. The second kappa shape index (κ2) is 12.6. The van der Waals surface area contributed by atoms with Crippen LogP contribution in [0.1, 0.15) is 29.0 Å². The summed E-state index contributed by atoms with van der Waals surface area (Å²) in [6.07, 6.45) is -0.379. The lowest BCUT2D eigenvalue weighted by Crippen LogP contribution is -2.45. The molecule has 9 aromatic rings. The standard InChI is InChI=1S/C47H34N4O/c1-4-17-32(18-5-1)45-48-46(33-19-6-2-7-20-33)50-47(49-45)38-27-15-29-41-44(38)43-37-26-13-12-25-36(37)40(30-42(43)52-41)51(34-22-8-3-9-23-34)39-28-14-21-31-16-10-11-24-35(31)39/h1-30,45-46,48H,(H,49,50). The van der Waals surface area contributed by atoms with Gasteiger partial charge in [0.15, 0.2) is 0 Å². The van der Waals surface area contributed by atoms with Crippen LogP contribution in [-0.2, 0) is 0 Å². The summed E-state index contributed by atoms with van der Waals surface area (Å²) in [6, 6.07) is 63.8. The molecule has 1 aromatic heterocycles. The van der Waals surface area contributed by atoms with Gasteiger partial charge in [0.05, 0.1) is 11.4 Å². The molecule has 0 fully saturated rings. The third-order valence-corrected chi connectivity index (χ3v) is 10.1. The van der Waals surface area contributed by atoms with Crippen molar-refractivity contribution < 1.29 is 4.42 Å². The average molecular weight is 671 g/mol. The Bertz CT molecular complexity index is 2750. The largest absolute Gasteiger partial charge is 0.456 e. The van der Waals surface area contributed by atoms with E-state index < -0.39 is 0 Å². The van der Waals surface area contributed by atoms with Gasteiger partial charge >= 0.3 is 0 Å². The topological polar surface area (TPSA) is 52.8 Å². The Morgan fingerprint density at radius 3 is 1.92 bits per heavy atom. The van der Waals surface area contributed by atoms with E-state index in [1.807, 2.05) is 12.1 Å². The zero-order chi connectivity index (χ0) is 34.4. The lowest BCUT2D eigenvalue weighted by Gasteiger charge is -2.32. The van der Waals surface area contributed by atoms with Crippen LogP contribution in [0.25, 0.3) is 43.5 Å². The first-order chi connectivity index (χ1) is 25.8. The van der Waals surface area contributed by atoms with Gasteiger partial charge in [0.1, 0.15) is 29.3 Å². The normalized spacial score (nSPS) is 15.9. The fourth-order valence-electron chi connectivity index (χ4n) is 7.75. The van der Waals surface area contributed by atoms with Crippen LogP contribution in [0.3, 0.4) is 0 Å². The van der Waals surface area contributed by atoms with Crippen molar-refractivity contribution in [1.29, 1.82) is 0 Å². The van der Waals surface area contributed by atoms with Crippen LogP contribution in [0.15, 0.2) is 191 Å². The first-order valence-corrected chi connectivity index (χ1v) is 17.7. The van der Waals surface area contributed by atoms with Crippen molar-refractivity contribution in [2.24, 2.45) is 4.99 Å². The summed E-state index contributed by atoms with van der Waals surface area (Å²) >= 11 is 0. The molecule has 5 heteroatoms. The maximum Gasteiger partial charge on any atom is 0.138 e. The van der Waals surface area contributed by atoms with Gasteiger partial charge in [-0.05, 0) is 46.2 Å². The van der Waals surface area contributed by atoms with Gasteiger partial charge in [-0.25, -0.2) is 4.99 Å². The maximum atomic E-state index is 6.84. The van der Waals surface area contributed by atoms with Crippen LogP contribution in [-0.4, -0.2) is 5.84 Å². The van der Waals surface area contributed by atoms with Gasteiger partial charge in [0.2, 0.25) is 0 Å². The molecule has 0 aliphatic carbocycles. The van der Waals surface area contributed by atoms with Crippen LogP contribution < -0.4 is 15.5 Å². The van der Waals surface area contributed by atoms with E-state index >= 15 is 0 Å². The molecule has 10 rings (SSSR count). The number of fused-ring (bicyclic) bond motifs is 6. The van der Waals surface area contributed by atoms with E-state index in [0.29, 0.717) is 0 Å². The van der Waals surface area contributed by atoms with Gasteiger partial charge in [-0.3, -0.25) is 5.32 Å². The molecule has 0 saturated heterocycles. The zero-order valence-corrected chi connectivity index (χ0v) is 28.3. The van der Waals surface area contributed by atoms with Crippen molar-refractivity contribution >= 4 is 66.4 Å². The number of hydrogen-bond acceptors (Lipinski definition) is 5. The highest BCUT2D eigenvalue weighted by atomic mass is 16.3. The predicted molar refractivity (Wildman–Crippen MR) is 215 cm³/mol. The van der Waals surface area contributed by atoms with E-state index in [0.717, 1.165) is 72.3 Å². The number of benzene rings is 8. The van der Waals surface area contributed by atoms with Crippen molar-refractivity contribution in [3.8, 4) is 0 Å². The van der Waals surface area contributed by atoms with Crippen LogP contribution in [0.5, 0.6) is 0 Å². The Hall–Kier alpha value is -6.69. The van der Waals surface area contributed by atoms with Crippen LogP contribution in [0.2, 0.25) is 0 Å². The Morgan fingerprint density at radius 2 is 1.13 bits per heavy atom. The Balaban J connectivity index is 1.21. The summed E-state index contributed by atoms with van der Waals surface area (Å²) in [5, 5.41) is 14.2.